The van der Waals surface area contributed by atoms with Crippen molar-refractivity contribution in [2.45, 2.75) is 116 Å². The molecule has 0 aliphatic carbocycles. The molecule has 0 saturated heterocycles. The van der Waals surface area contributed by atoms with Crippen LogP contribution in [-0.4, -0.2) is 120 Å². The zero-order chi connectivity index (χ0) is 46.1. The molecule has 0 heterocycles. The number of amides is 1. The number of nitrogens with one attached hydrogen (secondary N) is 1. The molecule has 17 nitrogen and oxygen atoms in total. The maximum absolute atomic E-state index is 12.9. The normalized spacial score (nSPS) is 11.7. The van der Waals surface area contributed by atoms with E-state index in [1.165, 1.54) is 28.3 Å². The number of nitrogens with two attached hydrogens (primary N) is 1. The van der Waals surface area contributed by atoms with E-state index in [-0.39, 0.29) is 46.8 Å². The number of methoxy groups -OCH3 is 2. The van der Waals surface area contributed by atoms with Gasteiger partial charge in [0.15, 0.2) is 0 Å². The number of benzene rings is 2. The van der Waals surface area contributed by atoms with Crippen LogP contribution in [0.15, 0.2) is 34.1 Å². The van der Waals surface area contributed by atoms with Crippen LogP contribution in [0.2, 0.25) is 0 Å². The molecule has 0 atom stereocenters. The van der Waals surface area contributed by atoms with Gasteiger partial charge < -0.3 is 35.1 Å². The number of nitrogens with zero attached hydrogens (tertiary/aromatic N) is 2. The van der Waals surface area contributed by atoms with Gasteiger partial charge in [-0.1, -0.05) is 0 Å². The van der Waals surface area contributed by atoms with Crippen molar-refractivity contribution in [3.63, 3.8) is 0 Å². The molecule has 0 unspecified atom stereocenters. The van der Waals surface area contributed by atoms with Crippen molar-refractivity contribution < 1.29 is 60.1 Å². The molecule has 2 aromatic rings. The van der Waals surface area contributed by atoms with E-state index in [0.717, 1.165) is 8.61 Å². The number of hydrogen-bond acceptors (Lipinski definition) is 13. The minimum Gasteiger partial charge on any atom is -0.497 e. The minimum absolute atomic E-state index is 0.122. The Bertz CT molecular complexity index is 1910. The molecule has 0 aliphatic heterocycles. The standard InChI is InChI=1S/C20H32N2O6S.C12H17NO5S.C8H17NO2/c1-14-11-16(27-7)12-15(2)19(14)29(25,26)22(6)13-17(23)21-10-8-9-18(24)28-20(3,4)5;1-8-5-10(18-4)6-9(2)12(8)19(16,17)13(3)7-11(14)15;1-8(2,3)11-7(10)5-4-6-9/h11-12H,8-10,13H2,1-7H3,(H,21,23);5-6H,7H2,1-4H3,(H,14,15);4-6,9H2,1-3H3. The molecule has 2 rings (SSSR count). The van der Waals surface area contributed by atoms with Gasteiger partial charge in [0.2, 0.25) is 26.0 Å². The molecule has 0 saturated carbocycles. The van der Waals surface area contributed by atoms with Gasteiger partial charge in [-0.2, -0.15) is 8.61 Å². The van der Waals surface area contributed by atoms with Crippen molar-refractivity contribution in [1.29, 1.82) is 0 Å². The summed E-state index contributed by atoms with van der Waals surface area (Å²) in [4.78, 5) is 45.6. The summed E-state index contributed by atoms with van der Waals surface area (Å²) in [6.45, 7) is 17.5. The molecular formula is C40H66N4O13S2. The number of ether oxygens (including phenoxy) is 4. The van der Waals surface area contributed by atoms with E-state index in [1.807, 2.05) is 20.8 Å². The third-order valence-electron chi connectivity index (χ3n) is 7.70. The summed E-state index contributed by atoms with van der Waals surface area (Å²) in [6.07, 6.45) is 1.71. The summed E-state index contributed by atoms with van der Waals surface area (Å²) >= 11 is 0. The second kappa shape index (κ2) is 24.1. The van der Waals surface area contributed by atoms with Crippen molar-refractivity contribution in [2.75, 3.05) is 54.5 Å². The first kappa shape index (κ1) is 54.7. The molecule has 0 bridgehead atoms. The highest BCUT2D eigenvalue weighted by atomic mass is 32.2. The molecule has 0 fully saturated rings. The van der Waals surface area contributed by atoms with E-state index in [2.05, 4.69) is 5.32 Å². The summed E-state index contributed by atoms with van der Waals surface area (Å²) in [6, 6.07) is 6.50. The molecule has 0 aliphatic rings. The average Bonchev–Trinajstić information content (AvgIpc) is 3.07. The molecular weight excluding hydrogens is 809 g/mol. The molecule has 59 heavy (non-hydrogen) atoms. The second-order valence-electron chi connectivity index (χ2n) is 15.6. The van der Waals surface area contributed by atoms with Crippen molar-refractivity contribution in [1.82, 2.24) is 13.9 Å². The first-order valence-electron chi connectivity index (χ1n) is 18.8. The number of rotatable bonds is 17. The highest BCUT2D eigenvalue weighted by Crippen LogP contribution is 2.29. The van der Waals surface area contributed by atoms with Gasteiger partial charge in [0.25, 0.3) is 0 Å². The molecule has 0 radical (unpaired) electrons. The van der Waals surface area contributed by atoms with Crippen molar-refractivity contribution >= 4 is 43.9 Å². The Labute approximate surface area is 351 Å². The molecule has 0 aromatic heterocycles. The van der Waals surface area contributed by atoms with E-state index < -0.39 is 44.1 Å². The Morgan fingerprint density at radius 1 is 0.661 bits per heavy atom. The zero-order valence-corrected chi connectivity index (χ0v) is 38.7. The summed E-state index contributed by atoms with van der Waals surface area (Å²) in [5.41, 5.74) is 6.46. The number of carbonyl (C=O) groups excluding carboxylic acids is 3. The van der Waals surface area contributed by atoms with Gasteiger partial charge in [-0.05, 0) is 135 Å². The predicted octanol–water partition coefficient (Wildman–Crippen LogP) is 4.25. The topological polar surface area (TPSA) is 238 Å². The first-order valence-corrected chi connectivity index (χ1v) is 21.7. The molecule has 1 amide bonds. The van der Waals surface area contributed by atoms with E-state index >= 15 is 0 Å². The molecule has 19 heteroatoms. The Morgan fingerprint density at radius 3 is 1.31 bits per heavy atom. The number of carboxylic acid groups (broad SMARTS) is 1. The van der Waals surface area contributed by atoms with Crippen LogP contribution in [0.1, 0.15) is 89.5 Å². The molecule has 336 valence electrons. The van der Waals surface area contributed by atoms with Gasteiger partial charge in [-0.3, -0.25) is 19.2 Å². The summed E-state index contributed by atoms with van der Waals surface area (Å²) in [5.74, 6) is -1.00. The first-order chi connectivity index (χ1) is 26.9. The van der Waals surface area contributed by atoms with Crippen molar-refractivity contribution in [3.8, 4) is 11.5 Å². The maximum atomic E-state index is 12.9. The summed E-state index contributed by atoms with van der Waals surface area (Å²) in [5, 5.41) is 11.3. The van der Waals surface area contributed by atoms with Crippen LogP contribution in [0.4, 0.5) is 0 Å². The number of carboxylic acids is 1. The third-order valence-corrected chi connectivity index (χ3v) is 11.9. The zero-order valence-electron chi connectivity index (χ0n) is 37.1. The fourth-order valence-electron chi connectivity index (χ4n) is 5.29. The lowest BCUT2D eigenvalue weighted by Gasteiger charge is -2.20. The number of likely N-dealkylation sites (N-methyl/N-ethyl adjacent to an activating group) is 2. The van der Waals surface area contributed by atoms with Crippen molar-refractivity contribution in [2.24, 2.45) is 5.73 Å². The van der Waals surface area contributed by atoms with Gasteiger partial charge in [0.1, 0.15) is 29.2 Å². The average molecular weight is 875 g/mol. The Kier molecular flexibility index (Phi) is 22.3. The molecule has 0 spiro atoms. The van der Waals surface area contributed by atoms with Crippen LogP contribution < -0.4 is 20.5 Å². The fraction of sp³-hybridized carbons (Fsp3) is 0.600. The fourth-order valence-corrected chi connectivity index (χ4v) is 8.35. The lowest BCUT2D eigenvalue weighted by Crippen LogP contribution is -2.39. The van der Waals surface area contributed by atoms with E-state index in [9.17, 15) is 36.0 Å². The van der Waals surface area contributed by atoms with E-state index in [4.69, 9.17) is 29.8 Å². The van der Waals surface area contributed by atoms with E-state index in [0.29, 0.717) is 59.6 Å². The van der Waals surface area contributed by atoms with Gasteiger partial charge in [0, 0.05) is 33.5 Å². The lowest BCUT2D eigenvalue weighted by molar-refractivity contribution is -0.156. The van der Waals surface area contributed by atoms with Gasteiger partial charge in [-0.25, -0.2) is 16.8 Å². The number of hydrogen-bond donors (Lipinski definition) is 3. The molecule has 4 N–H and O–H groups in total. The Hall–Kier alpha value is -4.30. The smallest absolute Gasteiger partial charge is 0.318 e. The SMILES string of the molecule is CC(C)(C)OC(=O)CCCN.COc1cc(C)c(S(=O)(=O)N(C)CC(=O)NCCCC(=O)OC(C)(C)C)c(C)c1.COc1cc(C)c(S(=O)(=O)N(C)CC(=O)O)c(C)c1. The Morgan fingerprint density at radius 2 is 1.00 bits per heavy atom. The van der Waals surface area contributed by atoms with E-state index in [1.54, 1.807) is 72.7 Å². The number of aryl methyl sites for hydroxylation is 4. The molecule has 2 aromatic carbocycles. The highest BCUT2D eigenvalue weighted by Gasteiger charge is 2.28. The number of esters is 2. The van der Waals surface area contributed by atoms with Crippen LogP contribution in [0, 0.1) is 27.7 Å². The lowest BCUT2D eigenvalue weighted by atomic mass is 10.1. The summed E-state index contributed by atoms with van der Waals surface area (Å²) < 4.78 is 72.8. The van der Waals surface area contributed by atoms with Crippen LogP contribution in [0.25, 0.3) is 0 Å². The predicted molar refractivity (Wildman–Crippen MR) is 224 cm³/mol. The maximum Gasteiger partial charge on any atom is 0.318 e. The summed E-state index contributed by atoms with van der Waals surface area (Å²) in [7, 11) is -2.05. The van der Waals surface area contributed by atoms with Crippen LogP contribution >= 0.6 is 0 Å². The van der Waals surface area contributed by atoms with Gasteiger partial charge >= 0.3 is 17.9 Å². The van der Waals surface area contributed by atoms with Crippen molar-refractivity contribution in [3.05, 3.63) is 46.5 Å². The number of carbonyl (C=O) groups is 4. The monoisotopic (exact) mass is 874 g/mol. The second-order valence-corrected chi connectivity index (χ2v) is 19.6. The number of aliphatic carboxylic acids is 1. The largest absolute Gasteiger partial charge is 0.497 e. The third kappa shape index (κ3) is 20.0. The highest BCUT2D eigenvalue weighted by molar-refractivity contribution is 7.89. The van der Waals surface area contributed by atoms with Gasteiger partial charge in [-0.15, -0.1) is 0 Å². The van der Waals surface area contributed by atoms with Crippen LogP contribution in [0.3, 0.4) is 0 Å². The Balaban J connectivity index is 0.000000957. The number of sulfonamides is 2. The quantitative estimate of drug-likeness (QED) is 0.149. The van der Waals surface area contributed by atoms with Crippen LogP contribution in [0.5, 0.6) is 11.5 Å². The van der Waals surface area contributed by atoms with Crippen LogP contribution in [-0.2, 0) is 48.7 Å². The van der Waals surface area contributed by atoms with Gasteiger partial charge in [0.05, 0.1) is 30.6 Å². The minimum atomic E-state index is -3.84.